The quantitative estimate of drug-likeness (QED) is 0.165. The number of para-hydroxylation sites is 4. The Morgan fingerprint density at radius 3 is 1.57 bits per heavy atom. The van der Waals surface area contributed by atoms with Gasteiger partial charge in [-0.2, -0.15) is 0 Å². The van der Waals surface area contributed by atoms with E-state index >= 15 is 0 Å². The molecule has 0 fully saturated rings. The van der Waals surface area contributed by atoms with Gasteiger partial charge in [0, 0.05) is 60.0 Å². The molecule has 0 aliphatic rings. The number of hydrogen-bond acceptors (Lipinski definition) is 6. The van der Waals surface area contributed by atoms with E-state index in [1.807, 2.05) is 60.7 Å². The molecule has 70 heavy (non-hydrogen) atoms. The van der Waals surface area contributed by atoms with E-state index in [-0.39, 0.29) is 0 Å². The van der Waals surface area contributed by atoms with Crippen molar-refractivity contribution in [2.45, 2.75) is 0 Å². The monoisotopic (exact) mass is 896 g/mol. The molecule has 0 radical (unpaired) electrons. The van der Waals surface area contributed by atoms with Crippen molar-refractivity contribution in [2.24, 2.45) is 0 Å². The van der Waals surface area contributed by atoms with Gasteiger partial charge in [-0.25, -0.2) is 15.0 Å². The molecule has 0 atom stereocenters. The summed E-state index contributed by atoms with van der Waals surface area (Å²) in [7, 11) is 0. The van der Waals surface area contributed by atoms with Crippen LogP contribution >= 0.6 is 0 Å². The zero-order chi connectivity index (χ0) is 45.9. The first-order valence-corrected chi connectivity index (χ1v) is 23.4. The maximum absolute atomic E-state index is 6.69. The minimum absolute atomic E-state index is 0.553. The Morgan fingerprint density at radius 1 is 0.286 bits per heavy atom. The zero-order valence-electron chi connectivity index (χ0n) is 37.3. The molecular weight excluding hydrogens is 861 g/mol. The lowest BCUT2D eigenvalue weighted by Gasteiger charge is -2.11. The summed E-state index contributed by atoms with van der Waals surface area (Å²) in [4.78, 5) is 15.5. The fourth-order valence-electron chi connectivity index (χ4n) is 10.8. The second kappa shape index (κ2) is 15.0. The van der Waals surface area contributed by atoms with Crippen LogP contribution in [0.15, 0.2) is 232 Å². The van der Waals surface area contributed by atoms with E-state index in [0.717, 1.165) is 121 Å². The summed E-state index contributed by atoms with van der Waals surface area (Å²) >= 11 is 0. The van der Waals surface area contributed by atoms with Crippen molar-refractivity contribution in [1.82, 2.24) is 19.5 Å². The molecule has 0 unspecified atom stereocenters. The van der Waals surface area contributed by atoms with E-state index in [1.54, 1.807) is 0 Å². The van der Waals surface area contributed by atoms with Crippen molar-refractivity contribution in [2.75, 3.05) is 0 Å². The molecule has 0 saturated carbocycles. The normalized spacial score (nSPS) is 12.0. The molecule has 0 aliphatic carbocycles. The zero-order valence-corrected chi connectivity index (χ0v) is 37.3. The van der Waals surface area contributed by atoms with Gasteiger partial charge in [-0.3, -0.25) is 0 Å². The Balaban J connectivity index is 0.894. The lowest BCUT2D eigenvalue weighted by atomic mass is 9.96. The van der Waals surface area contributed by atoms with Gasteiger partial charge >= 0.3 is 0 Å². The first-order chi connectivity index (χ1) is 34.7. The molecule has 15 rings (SSSR count). The van der Waals surface area contributed by atoms with Gasteiger partial charge < -0.3 is 17.8 Å². The predicted molar refractivity (Wildman–Crippen MR) is 283 cm³/mol. The first-order valence-electron chi connectivity index (χ1n) is 23.4. The van der Waals surface area contributed by atoms with Crippen molar-refractivity contribution in [1.29, 1.82) is 0 Å². The van der Waals surface area contributed by atoms with Crippen LogP contribution in [0.1, 0.15) is 0 Å². The first kappa shape index (κ1) is 38.5. The third-order valence-corrected chi connectivity index (χ3v) is 13.9. The number of benzene rings is 10. The van der Waals surface area contributed by atoms with Gasteiger partial charge in [0.05, 0.1) is 22.1 Å². The van der Waals surface area contributed by atoms with E-state index < -0.39 is 0 Å². The highest BCUT2D eigenvalue weighted by Gasteiger charge is 2.23. The number of furan rings is 3. The fraction of sp³-hybridized carbons (Fsp3) is 0. The summed E-state index contributed by atoms with van der Waals surface area (Å²) in [5.41, 5.74) is 15.1. The third kappa shape index (κ3) is 5.79. The molecule has 5 aromatic heterocycles. The van der Waals surface area contributed by atoms with Crippen LogP contribution in [0.5, 0.6) is 0 Å². The van der Waals surface area contributed by atoms with Gasteiger partial charge in [-0.15, -0.1) is 0 Å². The Kier molecular flexibility index (Phi) is 8.23. The van der Waals surface area contributed by atoms with Crippen molar-refractivity contribution >= 4 is 87.6 Å². The van der Waals surface area contributed by atoms with Crippen LogP contribution in [-0.4, -0.2) is 19.5 Å². The molecule has 0 saturated heterocycles. The second-order valence-electron chi connectivity index (χ2n) is 17.8. The number of fused-ring (bicyclic) bond motifs is 12. The van der Waals surface area contributed by atoms with E-state index in [0.29, 0.717) is 17.5 Å². The van der Waals surface area contributed by atoms with Gasteiger partial charge in [0.1, 0.15) is 33.5 Å². The van der Waals surface area contributed by atoms with E-state index in [9.17, 15) is 0 Å². The average Bonchev–Trinajstić information content (AvgIpc) is 4.20. The molecule has 326 valence electrons. The summed E-state index contributed by atoms with van der Waals surface area (Å²) in [5, 5.41) is 8.62. The van der Waals surface area contributed by atoms with Crippen LogP contribution in [0, 0.1) is 0 Å². The van der Waals surface area contributed by atoms with E-state index in [2.05, 4.69) is 162 Å². The molecule has 7 heteroatoms. The average molecular weight is 897 g/mol. The highest BCUT2D eigenvalue weighted by molar-refractivity contribution is 6.19. The molecule has 0 amide bonds. The highest BCUT2D eigenvalue weighted by atomic mass is 16.3. The Hall–Kier alpha value is -9.59. The van der Waals surface area contributed by atoms with Crippen LogP contribution in [0.4, 0.5) is 0 Å². The number of rotatable bonds is 6. The number of nitrogens with zero attached hydrogens (tertiary/aromatic N) is 4. The summed E-state index contributed by atoms with van der Waals surface area (Å²) in [6.45, 7) is 0. The topological polar surface area (TPSA) is 83.0 Å². The second-order valence-corrected chi connectivity index (χ2v) is 17.8. The molecule has 5 heterocycles. The summed E-state index contributed by atoms with van der Waals surface area (Å²) in [5.74, 6) is 1.71. The van der Waals surface area contributed by atoms with E-state index in [1.165, 1.54) is 10.8 Å². The molecule has 7 nitrogen and oxygen atoms in total. The van der Waals surface area contributed by atoms with Crippen molar-refractivity contribution in [3.63, 3.8) is 0 Å². The molecule has 0 bridgehead atoms. The molecule has 15 aromatic rings. The van der Waals surface area contributed by atoms with Gasteiger partial charge in [-0.1, -0.05) is 164 Å². The minimum atomic E-state index is 0.553. The summed E-state index contributed by atoms with van der Waals surface area (Å²) in [6.07, 6.45) is 0. The molecule has 0 spiro atoms. The van der Waals surface area contributed by atoms with Crippen molar-refractivity contribution in [3.05, 3.63) is 218 Å². The smallest absolute Gasteiger partial charge is 0.164 e. The maximum atomic E-state index is 6.69. The van der Waals surface area contributed by atoms with Gasteiger partial charge in [0.2, 0.25) is 0 Å². The molecule has 10 aromatic carbocycles. The van der Waals surface area contributed by atoms with Crippen LogP contribution in [-0.2, 0) is 0 Å². The minimum Gasteiger partial charge on any atom is -0.456 e. The lowest BCUT2D eigenvalue weighted by molar-refractivity contribution is 0.668. The standard InChI is InChI=1S/C63H36N4O3/c1-2-14-38(15-3-1)61-64-62(39-32-30-37(31-33-39)42-20-10-21-46-45-18-6-9-26-52(45)70-60(42)46)66-63(65-61)47-22-12-27-54-57(47)48-36-40(34-35-53(48)68-54)41-19-11-28-55-58(41)59-51(25-13-29-56(59)69-55)67-49-23-7-4-16-43(49)44-17-5-8-24-50(44)67/h1-36H. The summed E-state index contributed by atoms with van der Waals surface area (Å²) < 4.78 is 22.1. The Labute approximate surface area is 399 Å². The fourth-order valence-corrected chi connectivity index (χ4v) is 10.8. The largest absolute Gasteiger partial charge is 0.456 e. The number of aromatic nitrogens is 4. The number of hydrogen-bond donors (Lipinski definition) is 0. The Morgan fingerprint density at radius 2 is 0.800 bits per heavy atom. The SMILES string of the molecule is c1ccc(-c2nc(-c3ccc(-c4cccc5c4oc4ccccc45)cc3)nc(-c3cccc4oc5ccc(-c6cccc7oc8cccc(-n9c%10ccccc%10c%10ccccc%109)c8c67)cc5c34)n2)cc1. The van der Waals surface area contributed by atoms with Crippen LogP contribution in [0.25, 0.3) is 150 Å². The van der Waals surface area contributed by atoms with E-state index in [4.69, 9.17) is 28.2 Å². The summed E-state index contributed by atoms with van der Waals surface area (Å²) in [6, 6.07) is 75.5. The van der Waals surface area contributed by atoms with Crippen LogP contribution in [0.2, 0.25) is 0 Å². The van der Waals surface area contributed by atoms with Gasteiger partial charge in [0.15, 0.2) is 17.5 Å². The predicted octanol–water partition coefficient (Wildman–Crippen LogP) is 17.0. The van der Waals surface area contributed by atoms with Crippen molar-refractivity contribution in [3.8, 4) is 62.1 Å². The van der Waals surface area contributed by atoms with Gasteiger partial charge in [0.25, 0.3) is 0 Å². The maximum Gasteiger partial charge on any atom is 0.164 e. The van der Waals surface area contributed by atoms with Gasteiger partial charge in [-0.05, 0) is 71.3 Å². The third-order valence-electron chi connectivity index (χ3n) is 13.9. The molecular formula is C63H36N4O3. The van der Waals surface area contributed by atoms with Crippen LogP contribution in [0.3, 0.4) is 0 Å². The van der Waals surface area contributed by atoms with Crippen LogP contribution < -0.4 is 0 Å². The Bertz CT molecular complexity index is 4540. The van der Waals surface area contributed by atoms with Crippen molar-refractivity contribution < 1.29 is 13.3 Å². The molecule has 0 aliphatic heterocycles. The molecule has 0 N–H and O–H groups in total. The lowest BCUT2D eigenvalue weighted by Crippen LogP contribution is -2.00. The highest BCUT2D eigenvalue weighted by Crippen LogP contribution is 2.45.